The molecule has 0 amide bonds. The zero-order valence-corrected chi connectivity index (χ0v) is 21.4. The molecule has 2 aromatic carbocycles. The molecule has 0 spiro atoms. The highest BCUT2D eigenvalue weighted by Gasteiger charge is 2.36. The predicted molar refractivity (Wildman–Crippen MR) is 130 cm³/mol. The molecule has 0 saturated heterocycles. The average molecular weight is 485 g/mol. The van der Waals surface area contributed by atoms with Crippen molar-refractivity contribution in [1.82, 2.24) is 9.78 Å². The molecule has 8 heteroatoms. The Morgan fingerprint density at radius 2 is 1.82 bits per heavy atom. The molecule has 4 rings (SSSR count). The zero-order chi connectivity index (χ0) is 24.1. The molecule has 3 aromatic rings. The number of hydrogen-bond acceptors (Lipinski definition) is 6. The summed E-state index contributed by atoms with van der Waals surface area (Å²) in [6, 6.07) is 8.29. The molecule has 0 unspecified atom stereocenters. The third kappa shape index (κ3) is 4.10. The van der Waals surface area contributed by atoms with Crippen LogP contribution in [-0.2, 0) is 22.1 Å². The standard InChI is InChI=1S/C25H28N2O4S2/c1-7-27-24(31-33(29,30)18-10-8-15(2)9-11-18)20(13-26-27)22(28)19-12-16(3)23-21(17(19)4)25(5,6)14-32-23/h8-13H,7,14H2,1-6H3. The quantitative estimate of drug-likeness (QED) is 0.353. The second-order valence-electron chi connectivity index (χ2n) is 9.10. The Kier molecular flexibility index (Phi) is 5.95. The SMILES string of the molecule is CCn1ncc(C(=O)c2cc(C)c3c(c2C)C(C)(C)CS3)c1OS(=O)(=O)c1ccc(C)cc1. The summed E-state index contributed by atoms with van der Waals surface area (Å²) in [7, 11) is -4.13. The number of hydrogen-bond donors (Lipinski definition) is 0. The van der Waals surface area contributed by atoms with Crippen LogP contribution < -0.4 is 4.18 Å². The van der Waals surface area contributed by atoms with E-state index in [-0.39, 0.29) is 27.5 Å². The topological polar surface area (TPSA) is 78.3 Å². The number of thioether (sulfide) groups is 1. The van der Waals surface area contributed by atoms with Gasteiger partial charge in [0.05, 0.1) is 6.20 Å². The van der Waals surface area contributed by atoms with Crippen molar-refractivity contribution in [1.29, 1.82) is 0 Å². The van der Waals surface area contributed by atoms with Gasteiger partial charge < -0.3 is 4.18 Å². The Labute approximate surface area is 199 Å². The maximum absolute atomic E-state index is 13.7. The van der Waals surface area contributed by atoms with Crippen LogP contribution in [0, 0.1) is 20.8 Å². The first-order valence-corrected chi connectivity index (χ1v) is 13.2. The molecule has 1 aliphatic rings. The third-order valence-electron chi connectivity index (χ3n) is 6.06. The van der Waals surface area contributed by atoms with Gasteiger partial charge in [-0.2, -0.15) is 13.5 Å². The van der Waals surface area contributed by atoms with Gasteiger partial charge in [-0.3, -0.25) is 4.79 Å². The van der Waals surface area contributed by atoms with Crippen molar-refractivity contribution >= 4 is 27.7 Å². The first-order valence-electron chi connectivity index (χ1n) is 10.9. The van der Waals surface area contributed by atoms with Gasteiger partial charge in [0.15, 0.2) is 5.78 Å². The van der Waals surface area contributed by atoms with E-state index >= 15 is 0 Å². The van der Waals surface area contributed by atoms with E-state index in [0.717, 1.165) is 22.4 Å². The van der Waals surface area contributed by atoms with Crippen molar-refractivity contribution in [3.05, 3.63) is 69.9 Å². The van der Waals surface area contributed by atoms with E-state index < -0.39 is 10.1 Å². The molecule has 0 saturated carbocycles. The fourth-order valence-corrected chi connectivity index (χ4v) is 6.76. The first kappa shape index (κ1) is 23.6. The van der Waals surface area contributed by atoms with Gasteiger partial charge in [0, 0.05) is 28.2 Å². The highest BCUT2D eigenvalue weighted by molar-refractivity contribution is 7.99. The molecule has 33 heavy (non-hydrogen) atoms. The summed E-state index contributed by atoms with van der Waals surface area (Å²) in [6.07, 6.45) is 1.40. The van der Waals surface area contributed by atoms with Gasteiger partial charge in [0.2, 0.25) is 5.88 Å². The highest BCUT2D eigenvalue weighted by atomic mass is 32.2. The fourth-order valence-electron chi connectivity index (χ4n) is 4.30. The molecular weight excluding hydrogens is 456 g/mol. The second-order valence-corrected chi connectivity index (χ2v) is 11.6. The second kappa shape index (κ2) is 8.33. The summed E-state index contributed by atoms with van der Waals surface area (Å²) in [5.41, 5.74) is 4.74. The number of ketones is 1. The number of carbonyl (C=O) groups excluding carboxylic acids is 1. The molecule has 0 atom stereocenters. The number of fused-ring (bicyclic) bond motifs is 1. The van der Waals surface area contributed by atoms with Crippen LogP contribution in [0.15, 0.2) is 46.3 Å². The monoisotopic (exact) mass is 484 g/mol. The average Bonchev–Trinajstić information content (AvgIpc) is 3.30. The van der Waals surface area contributed by atoms with Crippen LogP contribution in [0.2, 0.25) is 0 Å². The van der Waals surface area contributed by atoms with E-state index in [4.69, 9.17) is 4.18 Å². The van der Waals surface area contributed by atoms with Crippen molar-refractivity contribution in [3.63, 3.8) is 0 Å². The van der Waals surface area contributed by atoms with Gasteiger partial charge >= 0.3 is 10.1 Å². The van der Waals surface area contributed by atoms with E-state index in [2.05, 4.69) is 18.9 Å². The number of aryl methyl sites for hydroxylation is 3. The normalized spacial score (nSPS) is 14.8. The lowest BCUT2D eigenvalue weighted by molar-refractivity contribution is 0.103. The number of carbonyl (C=O) groups is 1. The Balaban J connectivity index is 1.79. The van der Waals surface area contributed by atoms with Gasteiger partial charge in [-0.1, -0.05) is 31.5 Å². The van der Waals surface area contributed by atoms with Crippen molar-refractivity contribution in [3.8, 4) is 5.88 Å². The predicted octanol–water partition coefficient (Wildman–Crippen LogP) is 5.21. The van der Waals surface area contributed by atoms with Crippen molar-refractivity contribution in [2.24, 2.45) is 0 Å². The van der Waals surface area contributed by atoms with Crippen LogP contribution in [0.1, 0.15) is 58.9 Å². The van der Waals surface area contributed by atoms with E-state index in [9.17, 15) is 13.2 Å². The highest BCUT2D eigenvalue weighted by Crippen LogP contribution is 2.48. The van der Waals surface area contributed by atoms with E-state index in [1.54, 1.807) is 12.1 Å². The smallest absolute Gasteiger partial charge is 0.340 e. The Morgan fingerprint density at radius 3 is 2.45 bits per heavy atom. The number of aromatic nitrogens is 2. The minimum Gasteiger partial charge on any atom is -0.358 e. The lowest BCUT2D eigenvalue weighted by Crippen LogP contribution is -2.20. The van der Waals surface area contributed by atoms with Crippen LogP contribution in [0.25, 0.3) is 0 Å². The van der Waals surface area contributed by atoms with Crippen LogP contribution >= 0.6 is 11.8 Å². The fraction of sp³-hybridized carbons (Fsp3) is 0.360. The molecule has 1 aliphatic heterocycles. The molecule has 0 fully saturated rings. The molecular formula is C25H28N2O4S2. The zero-order valence-electron chi connectivity index (χ0n) is 19.7. The molecule has 0 aliphatic carbocycles. The molecule has 6 nitrogen and oxygen atoms in total. The van der Waals surface area contributed by atoms with Crippen molar-refractivity contribution in [2.75, 3.05) is 5.75 Å². The minimum absolute atomic E-state index is 0.0266. The minimum atomic E-state index is -4.13. The van der Waals surface area contributed by atoms with E-state index in [0.29, 0.717) is 12.1 Å². The van der Waals surface area contributed by atoms with Crippen molar-refractivity contribution < 1.29 is 17.4 Å². The Hall–Kier alpha value is -2.58. The summed E-state index contributed by atoms with van der Waals surface area (Å²) in [6.45, 7) is 12.4. The summed E-state index contributed by atoms with van der Waals surface area (Å²) in [5.74, 6) is 0.604. The number of benzene rings is 2. The maximum atomic E-state index is 13.7. The molecule has 0 bridgehead atoms. The summed E-state index contributed by atoms with van der Waals surface area (Å²) < 4.78 is 32.9. The lowest BCUT2D eigenvalue weighted by Gasteiger charge is -2.22. The molecule has 2 heterocycles. The Bertz CT molecular complexity index is 1350. The molecule has 0 N–H and O–H groups in total. The number of rotatable bonds is 6. The van der Waals surface area contributed by atoms with Gasteiger partial charge in [0.1, 0.15) is 10.5 Å². The number of nitrogens with zero attached hydrogens (tertiary/aromatic N) is 2. The van der Waals surface area contributed by atoms with Gasteiger partial charge in [-0.15, -0.1) is 11.8 Å². The molecule has 1 aromatic heterocycles. The van der Waals surface area contributed by atoms with Crippen LogP contribution in [0.3, 0.4) is 0 Å². The lowest BCUT2D eigenvalue weighted by atomic mass is 9.80. The Morgan fingerprint density at radius 1 is 1.15 bits per heavy atom. The molecule has 0 radical (unpaired) electrons. The first-order chi connectivity index (χ1) is 15.5. The van der Waals surface area contributed by atoms with Crippen molar-refractivity contribution in [2.45, 2.75) is 63.3 Å². The van der Waals surface area contributed by atoms with E-state index in [1.165, 1.54) is 33.5 Å². The largest absolute Gasteiger partial charge is 0.358 e. The maximum Gasteiger partial charge on any atom is 0.340 e. The van der Waals surface area contributed by atoms with Gasteiger partial charge in [-0.25, -0.2) is 4.68 Å². The van der Waals surface area contributed by atoms with Crippen LogP contribution in [0.4, 0.5) is 0 Å². The third-order valence-corrected chi connectivity index (χ3v) is 8.96. The summed E-state index contributed by atoms with van der Waals surface area (Å²) in [5, 5.41) is 4.23. The van der Waals surface area contributed by atoms with Crippen LogP contribution in [-0.4, -0.2) is 29.7 Å². The summed E-state index contributed by atoms with van der Waals surface area (Å²) >= 11 is 1.82. The van der Waals surface area contributed by atoms with Gasteiger partial charge in [-0.05, 0) is 62.6 Å². The summed E-state index contributed by atoms with van der Waals surface area (Å²) in [4.78, 5) is 15.0. The van der Waals surface area contributed by atoms with Crippen LogP contribution in [0.5, 0.6) is 5.88 Å². The van der Waals surface area contributed by atoms with E-state index in [1.807, 2.05) is 45.5 Å². The van der Waals surface area contributed by atoms with Gasteiger partial charge in [0.25, 0.3) is 0 Å². The molecule has 174 valence electrons.